The molecule has 0 atom stereocenters. The Balaban J connectivity index is 0.00000100. The summed E-state index contributed by atoms with van der Waals surface area (Å²) in [6, 6.07) is 14.6. The topological polar surface area (TPSA) is 56.3 Å². The van der Waals surface area contributed by atoms with E-state index in [4.69, 9.17) is 4.74 Å². The van der Waals surface area contributed by atoms with Crippen molar-refractivity contribution in [3.63, 3.8) is 0 Å². The third kappa shape index (κ3) is 4.26. The van der Waals surface area contributed by atoms with E-state index in [1.807, 2.05) is 44.2 Å². The monoisotopic (exact) mass is 341 g/mol. The van der Waals surface area contributed by atoms with Gasteiger partial charge in [0.2, 0.25) is 0 Å². The predicted molar refractivity (Wildman–Crippen MR) is 96.5 cm³/mol. The predicted octanol–water partition coefficient (Wildman–Crippen LogP) is 4.88. The molecule has 0 aliphatic heterocycles. The standard InChI is InChI=1S/C17H13NO3S.C2H6/c1-11(19)16-18-14-8-7-13(9-15(14)22-16)17(20)21-10-12-5-3-2-4-6-12;1-2/h2-9H,10H2,1H3;1-2H3. The lowest BCUT2D eigenvalue weighted by atomic mass is 10.2. The van der Waals surface area contributed by atoms with Gasteiger partial charge in [-0.05, 0) is 23.8 Å². The van der Waals surface area contributed by atoms with Crippen molar-refractivity contribution in [2.45, 2.75) is 27.4 Å². The first-order chi connectivity index (χ1) is 11.6. The number of rotatable bonds is 4. The molecular weight excluding hydrogens is 322 g/mol. The summed E-state index contributed by atoms with van der Waals surface area (Å²) in [5, 5.41) is 0.449. The molecule has 5 heteroatoms. The Kier molecular flexibility index (Phi) is 6.21. The first kappa shape index (κ1) is 17.8. The van der Waals surface area contributed by atoms with E-state index in [9.17, 15) is 9.59 Å². The summed E-state index contributed by atoms with van der Waals surface area (Å²) >= 11 is 1.28. The quantitative estimate of drug-likeness (QED) is 0.501. The molecule has 0 saturated carbocycles. The fourth-order valence-corrected chi connectivity index (χ4v) is 2.91. The number of thiazole rings is 1. The molecule has 0 unspecified atom stereocenters. The number of aromatic nitrogens is 1. The average molecular weight is 341 g/mol. The van der Waals surface area contributed by atoms with E-state index in [1.165, 1.54) is 18.3 Å². The molecule has 3 aromatic rings. The van der Waals surface area contributed by atoms with Gasteiger partial charge in [-0.25, -0.2) is 9.78 Å². The van der Waals surface area contributed by atoms with Gasteiger partial charge in [0.1, 0.15) is 6.61 Å². The summed E-state index contributed by atoms with van der Waals surface area (Å²) in [5.74, 6) is -0.460. The van der Waals surface area contributed by atoms with Crippen LogP contribution in [0.15, 0.2) is 48.5 Å². The molecule has 24 heavy (non-hydrogen) atoms. The Labute approximate surface area is 145 Å². The molecule has 1 aromatic heterocycles. The Morgan fingerprint density at radius 3 is 2.46 bits per heavy atom. The van der Waals surface area contributed by atoms with Crippen LogP contribution in [0.3, 0.4) is 0 Å². The number of ketones is 1. The van der Waals surface area contributed by atoms with Gasteiger partial charge < -0.3 is 4.74 Å². The van der Waals surface area contributed by atoms with Crippen LogP contribution in [0.5, 0.6) is 0 Å². The first-order valence-electron chi connectivity index (χ1n) is 7.76. The molecule has 2 aromatic carbocycles. The van der Waals surface area contributed by atoms with Crippen molar-refractivity contribution in [1.82, 2.24) is 4.98 Å². The average Bonchev–Trinajstić information content (AvgIpc) is 3.06. The fraction of sp³-hybridized carbons (Fsp3) is 0.211. The molecule has 3 rings (SSSR count). The number of hydrogen-bond acceptors (Lipinski definition) is 5. The minimum absolute atomic E-state index is 0.0746. The Morgan fingerprint density at radius 2 is 1.79 bits per heavy atom. The largest absolute Gasteiger partial charge is 0.457 e. The fourth-order valence-electron chi connectivity index (χ4n) is 2.01. The van der Waals surface area contributed by atoms with Gasteiger partial charge in [0.25, 0.3) is 0 Å². The van der Waals surface area contributed by atoms with Crippen molar-refractivity contribution in [3.8, 4) is 0 Å². The van der Waals surface area contributed by atoms with Crippen LogP contribution in [0.25, 0.3) is 10.2 Å². The maximum absolute atomic E-state index is 12.1. The molecule has 0 aliphatic rings. The Hall–Kier alpha value is -2.53. The molecule has 0 radical (unpaired) electrons. The number of esters is 1. The molecule has 0 aliphatic carbocycles. The van der Waals surface area contributed by atoms with E-state index in [0.29, 0.717) is 10.6 Å². The van der Waals surface area contributed by atoms with Crippen LogP contribution in [0.4, 0.5) is 0 Å². The second-order valence-corrected chi connectivity index (χ2v) is 5.85. The third-order valence-corrected chi connectivity index (χ3v) is 4.26. The molecular formula is C19H19NO3S. The molecule has 1 heterocycles. The van der Waals surface area contributed by atoms with Crippen LogP contribution in [0.1, 0.15) is 46.5 Å². The zero-order valence-electron chi connectivity index (χ0n) is 13.9. The van der Waals surface area contributed by atoms with Gasteiger partial charge in [0.05, 0.1) is 15.8 Å². The lowest BCUT2D eigenvalue weighted by Gasteiger charge is -2.04. The molecule has 4 nitrogen and oxygen atoms in total. The molecule has 0 fully saturated rings. The number of nitrogens with zero attached hydrogens (tertiary/aromatic N) is 1. The second-order valence-electron chi connectivity index (χ2n) is 4.82. The van der Waals surface area contributed by atoms with Gasteiger partial charge in [-0.1, -0.05) is 44.2 Å². The van der Waals surface area contributed by atoms with E-state index in [0.717, 1.165) is 15.8 Å². The van der Waals surface area contributed by atoms with Gasteiger partial charge >= 0.3 is 5.97 Å². The van der Waals surface area contributed by atoms with Crippen molar-refractivity contribution in [1.29, 1.82) is 0 Å². The maximum Gasteiger partial charge on any atom is 0.338 e. The molecule has 0 saturated heterocycles. The van der Waals surface area contributed by atoms with E-state index < -0.39 is 0 Å². The SMILES string of the molecule is CC.CC(=O)c1nc2ccc(C(=O)OCc3ccccc3)cc2s1. The van der Waals surface area contributed by atoms with Gasteiger partial charge in [-0.3, -0.25) is 4.79 Å². The number of carbonyl (C=O) groups is 2. The number of hydrogen-bond donors (Lipinski definition) is 0. The first-order valence-corrected chi connectivity index (χ1v) is 8.58. The lowest BCUT2D eigenvalue weighted by Crippen LogP contribution is -2.04. The normalized spacial score (nSPS) is 9.96. The van der Waals surface area contributed by atoms with Crippen LogP contribution < -0.4 is 0 Å². The number of fused-ring (bicyclic) bond motifs is 1. The summed E-state index contributed by atoms with van der Waals surface area (Å²) in [4.78, 5) is 27.7. The summed E-state index contributed by atoms with van der Waals surface area (Å²) in [5.41, 5.74) is 2.12. The summed E-state index contributed by atoms with van der Waals surface area (Å²) in [7, 11) is 0. The van der Waals surface area contributed by atoms with Crippen molar-refractivity contribution < 1.29 is 14.3 Å². The molecule has 0 N–H and O–H groups in total. The highest BCUT2D eigenvalue weighted by Gasteiger charge is 2.12. The van der Waals surface area contributed by atoms with Crippen molar-refractivity contribution >= 4 is 33.3 Å². The maximum atomic E-state index is 12.1. The highest BCUT2D eigenvalue weighted by atomic mass is 32.1. The van der Waals surface area contributed by atoms with Crippen molar-refractivity contribution in [2.75, 3.05) is 0 Å². The van der Waals surface area contributed by atoms with Gasteiger partial charge in [0, 0.05) is 6.92 Å². The van der Waals surface area contributed by atoms with Gasteiger partial charge in [-0.2, -0.15) is 0 Å². The van der Waals surface area contributed by atoms with E-state index in [2.05, 4.69) is 4.98 Å². The number of Topliss-reactive ketones (excluding diaryl/α,β-unsaturated/α-hetero) is 1. The van der Waals surface area contributed by atoms with Crippen molar-refractivity contribution in [2.24, 2.45) is 0 Å². The van der Waals surface area contributed by atoms with Crippen molar-refractivity contribution in [3.05, 3.63) is 64.7 Å². The van der Waals surface area contributed by atoms with Crippen LogP contribution in [0, 0.1) is 0 Å². The number of ether oxygens (including phenoxy) is 1. The molecule has 0 spiro atoms. The van der Waals surface area contributed by atoms with Crippen LogP contribution >= 0.6 is 11.3 Å². The zero-order valence-corrected chi connectivity index (χ0v) is 14.7. The number of benzene rings is 2. The minimum atomic E-state index is -0.386. The van der Waals surface area contributed by atoms with Crippen LogP contribution in [-0.4, -0.2) is 16.7 Å². The van der Waals surface area contributed by atoms with E-state index >= 15 is 0 Å². The zero-order chi connectivity index (χ0) is 17.5. The lowest BCUT2D eigenvalue weighted by molar-refractivity contribution is 0.0473. The summed E-state index contributed by atoms with van der Waals surface area (Å²) < 4.78 is 6.10. The van der Waals surface area contributed by atoms with Gasteiger partial charge in [0.15, 0.2) is 10.8 Å². The van der Waals surface area contributed by atoms with Gasteiger partial charge in [-0.15, -0.1) is 11.3 Å². The summed E-state index contributed by atoms with van der Waals surface area (Å²) in [6.07, 6.45) is 0. The van der Waals surface area contributed by atoms with Crippen LogP contribution in [-0.2, 0) is 11.3 Å². The highest BCUT2D eigenvalue weighted by molar-refractivity contribution is 7.20. The minimum Gasteiger partial charge on any atom is -0.457 e. The number of carbonyl (C=O) groups excluding carboxylic acids is 2. The Morgan fingerprint density at radius 1 is 1.08 bits per heavy atom. The van der Waals surface area contributed by atoms with Crippen LogP contribution in [0.2, 0.25) is 0 Å². The summed E-state index contributed by atoms with van der Waals surface area (Å²) in [6.45, 7) is 5.71. The van der Waals surface area contributed by atoms with E-state index in [1.54, 1.807) is 18.2 Å². The van der Waals surface area contributed by atoms with E-state index in [-0.39, 0.29) is 18.4 Å². The Bertz CT molecular complexity index is 840. The molecule has 0 amide bonds. The second kappa shape index (κ2) is 8.36. The molecule has 0 bridgehead atoms. The smallest absolute Gasteiger partial charge is 0.338 e. The highest BCUT2D eigenvalue weighted by Crippen LogP contribution is 2.24. The molecule has 124 valence electrons. The third-order valence-electron chi connectivity index (χ3n) is 3.14.